The molecule has 0 N–H and O–H groups in total. The summed E-state index contributed by atoms with van der Waals surface area (Å²) in [5, 5.41) is 0. The summed E-state index contributed by atoms with van der Waals surface area (Å²) in [4.78, 5) is 0.723. The van der Waals surface area contributed by atoms with Crippen LogP contribution in [0.1, 0.15) is 6.92 Å². The van der Waals surface area contributed by atoms with Crippen molar-refractivity contribution in [1.29, 1.82) is 0 Å². The molecular weight excluding hydrogens is 232 g/mol. The molecule has 2 aromatic carbocycles. The van der Waals surface area contributed by atoms with E-state index in [1.807, 2.05) is 61.5 Å². The Labute approximate surface area is 104 Å². The highest BCUT2D eigenvalue weighted by molar-refractivity contribution is 7.80. The van der Waals surface area contributed by atoms with E-state index in [0.29, 0.717) is 6.61 Å². The van der Waals surface area contributed by atoms with Gasteiger partial charge in [-0.1, -0.05) is 48.5 Å². The molecule has 2 nitrogen and oxygen atoms in total. The first kappa shape index (κ1) is 12.0. The predicted molar refractivity (Wildman–Crippen MR) is 69.9 cm³/mol. The predicted octanol–water partition coefficient (Wildman–Crippen LogP) is 3.41. The van der Waals surface area contributed by atoms with Gasteiger partial charge >= 0.3 is 0 Å². The van der Waals surface area contributed by atoms with Crippen molar-refractivity contribution in [2.45, 2.75) is 11.8 Å². The molecule has 0 aliphatic carbocycles. The molecule has 0 saturated heterocycles. The zero-order valence-electron chi connectivity index (χ0n) is 9.63. The highest BCUT2D eigenvalue weighted by atomic mass is 32.2. The second kappa shape index (κ2) is 5.75. The maximum atomic E-state index is 11.9. The van der Waals surface area contributed by atoms with Crippen LogP contribution in [0, 0.1) is 0 Å². The van der Waals surface area contributed by atoms with Crippen LogP contribution in [-0.2, 0) is 15.3 Å². The highest BCUT2D eigenvalue weighted by Crippen LogP contribution is 2.26. The van der Waals surface area contributed by atoms with E-state index in [-0.39, 0.29) is 0 Å². The van der Waals surface area contributed by atoms with Gasteiger partial charge in [0.25, 0.3) is 0 Å². The van der Waals surface area contributed by atoms with E-state index in [9.17, 15) is 4.21 Å². The largest absolute Gasteiger partial charge is 0.287 e. The van der Waals surface area contributed by atoms with Gasteiger partial charge in [0.1, 0.15) is 0 Å². The van der Waals surface area contributed by atoms with Crippen LogP contribution < -0.4 is 0 Å². The molecule has 17 heavy (non-hydrogen) atoms. The normalized spacial score (nSPS) is 12.3. The van der Waals surface area contributed by atoms with E-state index in [2.05, 4.69) is 0 Å². The van der Waals surface area contributed by atoms with E-state index in [1.165, 1.54) is 0 Å². The zero-order valence-corrected chi connectivity index (χ0v) is 10.4. The lowest BCUT2D eigenvalue weighted by Crippen LogP contribution is -1.99. The lowest BCUT2D eigenvalue weighted by molar-refractivity contribution is 0.372. The van der Waals surface area contributed by atoms with E-state index in [4.69, 9.17) is 4.18 Å². The minimum absolute atomic E-state index is 0.440. The minimum Gasteiger partial charge on any atom is -0.287 e. The van der Waals surface area contributed by atoms with Gasteiger partial charge in [-0.15, -0.1) is 0 Å². The van der Waals surface area contributed by atoms with Gasteiger partial charge in [0.15, 0.2) is 11.1 Å². The summed E-state index contributed by atoms with van der Waals surface area (Å²) in [6, 6.07) is 17.5. The second-order valence-electron chi connectivity index (χ2n) is 3.50. The third kappa shape index (κ3) is 2.81. The summed E-state index contributed by atoms with van der Waals surface area (Å²) >= 11 is -1.40. The molecule has 0 heterocycles. The average molecular weight is 246 g/mol. The number of hydrogen-bond acceptors (Lipinski definition) is 2. The standard InChI is InChI=1S/C14H14O2S/c1-2-16-17(15)14-11-7-6-10-13(14)12-8-4-3-5-9-12/h3-11H,2H2,1H3. The van der Waals surface area contributed by atoms with Crippen molar-refractivity contribution in [3.8, 4) is 11.1 Å². The first-order valence-corrected chi connectivity index (χ1v) is 6.60. The topological polar surface area (TPSA) is 26.3 Å². The molecule has 0 saturated carbocycles. The summed E-state index contributed by atoms with van der Waals surface area (Å²) in [7, 11) is 0. The quantitative estimate of drug-likeness (QED) is 0.826. The van der Waals surface area contributed by atoms with Gasteiger partial charge in [-0.2, -0.15) is 0 Å². The van der Waals surface area contributed by atoms with Crippen LogP contribution in [-0.4, -0.2) is 10.8 Å². The maximum absolute atomic E-state index is 11.9. The van der Waals surface area contributed by atoms with Gasteiger partial charge in [0.2, 0.25) is 0 Å². The molecule has 1 unspecified atom stereocenters. The van der Waals surface area contributed by atoms with Crippen LogP contribution in [0.5, 0.6) is 0 Å². The molecule has 2 rings (SSSR count). The smallest absolute Gasteiger partial charge is 0.189 e. The van der Waals surface area contributed by atoms with Crippen LogP contribution in [0.25, 0.3) is 11.1 Å². The van der Waals surface area contributed by atoms with Crippen LogP contribution in [0.4, 0.5) is 0 Å². The van der Waals surface area contributed by atoms with E-state index in [1.54, 1.807) is 0 Å². The fourth-order valence-corrected chi connectivity index (χ4v) is 2.53. The Kier molecular flexibility index (Phi) is 4.07. The van der Waals surface area contributed by atoms with Gasteiger partial charge in [-0.3, -0.25) is 4.18 Å². The van der Waals surface area contributed by atoms with Gasteiger partial charge in [-0.25, -0.2) is 4.21 Å². The van der Waals surface area contributed by atoms with Crippen molar-refractivity contribution >= 4 is 11.1 Å². The summed E-state index contributed by atoms with van der Waals surface area (Å²) in [5.41, 5.74) is 2.01. The van der Waals surface area contributed by atoms with Gasteiger partial charge in [-0.05, 0) is 18.6 Å². The molecule has 0 radical (unpaired) electrons. The molecule has 3 heteroatoms. The average Bonchev–Trinajstić information content (AvgIpc) is 2.40. The Morgan fingerprint density at radius 2 is 1.65 bits per heavy atom. The number of hydrogen-bond donors (Lipinski definition) is 0. The summed E-state index contributed by atoms with van der Waals surface area (Å²) in [6.45, 7) is 2.28. The number of rotatable bonds is 4. The third-order valence-electron chi connectivity index (χ3n) is 2.38. The van der Waals surface area contributed by atoms with Crippen LogP contribution in [0.3, 0.4) is 0 Å². The molecule has 2 aromatic rings. The first-order chi connectivity index (χ1) is 8.33. The molecule has 1 atom stereocenters. The van der Waals surface area contributed by atoms with Crippen molar-refractivity contribution in [3.63, 3.8) is 0 Å². The summed E-state index contributed by atoms with van der Waals surface area (Å²) < 4.78 is 17.1. The Morgan fingerprint density at radius 1 is 1.00 bits per heavy atom. The SMILES string of the molecule is CCOS(=O)c1ccccc1-c1ccccc1. The Morgan fingerprint density at radius 3 is 2.35 bits per heavy atom. The van der Waals surface area contributed by atoms with Gasteiger partial charge in [0, 0.05) is 5.56 Å². The lowest BCUT2D eigenvalue weighted by atomic mass is 10.1. The fraction of sp³-hybridized carbons (Fsp3) is 0.143. The van der Waals surface area contributed by atoms with E-state index < -0.39 is 11.1 Å². The Hall–Kier alpha value is -1.45. The Bertz CT molecular complexity index is 509. The monoisotopic (exact) mass is 246 g/mol. The van der Waals surface area contributed by atoms with Crippen molar-refractivity contribution in [1.82, 2.24) is 0 Å². The zero-order chi connectivity index (χ0) is 12.1. The summed E-state index contributed by atoms with van der Waals surface area (Å²) in [6.07, 6.45) is 0. The molecular formula is C14H14O2S. The molecule has 88 valence electrons. The van der Waals surface area contributed by atoms with Crippen molar-refractivity contribution in [2.75, 3.05) is 6.61 Å². The molecule has 0 aromatic heterocycles. The first-order valence-electron chi connectivity index (χ1n) is 5.52. The maximum Gasteiger partial charge on any atom is 0.189 e. The fourth-order valence-electron chi connectivity index (χ4n) is 1.64. The molecule has 0 bridgehead atoms. The molecule has 0 spiro atoms. The molecule has 0 aliphatic rings. The van der Waals surface area contributed by atoms with Gasteiger partial charge < -0.3 is 0 Å². The minimum atomic E-state index is -1.40. The van der Waals surface area contributed by atoms with Crippen LogP contribution in [0.2, 0.25) is 0 Å². The lowest BCUT2D eigenvalue weighted by Gasteiger charge is -2.08. The van der Waals surface area contributed by atoms with E-state index in [0.717, 1.165) is 16.0 Å². The van der Waals surface area contributed by atoms with Crippen molar-refractivity contribution in [2.24, 2.45) is 0 Å². The van der Waals surface area contributed by atoms with Crippen molar-refractivity contribution < 1.29 is 8.39 Å². The van der Waals surface area contributed by atoms with Crippen LogP contribution >= 0.6 is 0 Å². The van der Waals surface area contributed by atoms with Gasteiger partial charge in [0.05, 0.1) is 11.5 Å². The summed E-state index contributed by atoms with van der Waals surface area (Å²) in [5.74, 6) is 0. The highest BCUT2D eigenvalue weighted by Gasteiger charge is 2.10. The molecule has 0 aliphatic heterocycles. The molecule has 0 fully saturated rings. The van der Waals surface area contributed by atoms with E-state index >= 15 is 0 Å². The second-order valence-corrected chi connectivity index (χ2v) is 4.65. The van der Waals surface area contributed by atoms with Crippen molar-refractivity contribution in [3.05, 3.63) is 54.6 Å². The van der Waals surface area contributed by atoms with Crippen LogP contribution in [0.15, 0.2) is 59.5 Å². The third-order valence-corrected chi connectivity index (χ3v) is 3.54. The molecule has 0 amide bonds. The Balaban J connectivity index is 2.45. The number of benzene rings is 2.